The Hall–Kier alpha value is -4.88. The van der Waals surface area contributed by atoms with Crippen LogP contribution in [-0.4, -0.2) is 0 Å². The van der Waals surface area contributed by atoms with Crippen molar-refractivity contribution in [1.82, 2.24) is 0 Å². The normalized spacial score (nSPS) is 13.4. The van der Waals surface area contributed by atoms with Crippen LogP contribution in [0.3, 0.4) is 0 Å². The van der Waals surface area contributed by atoms with Crippen LogP contribution in [0.2, 0.25) is 0 Å². The molecule has 0 radical (unpaired) electrons. The number of nitrogens with zero attached hydrogens (tertiary/aromatic N) is 1. The highest BCUT2D eigenvalue weighted by Crippen LogP contribution is 2.56. The van der Waals surface area contributed by atoms with E-state index >= 15 is 0 Å². The minimum absolute atomic E-state index is 0.203. The Labute approximate surface area is 249 Å². The average molecular weight is 542 g/mol. The molecule has 0 saturated carbocycles. The van der Waals surface area contributed by atoms with Crippen LogP contribution in [0, 0.1) is 6.92 Å². The molecule has 6 aromatic carbocycles. The van der Waals surface area contributed by atoms with Crippen molar-refractivity contribution in [3.8, 4) is 22.3 Å². The number of benzene rings is 6. The molecule has 0 amide bonds. The van der Waals surface area contributed by atoms with E-state index in [9.17, 15) is 0 Å². The maximum atomic E-state index is 2.56. The standard InChI is InChI=1S/C41H35N/c1-29-25-26-33(31-17-9-5-10-18-31)28-38(29)42-37-24-14-22-35(32-19-11-6-12-20-32)39(37)41(2,3)36-23-13-21-34(40(36)42)27-30-15-7-4-8-16-30/h4-26,28H,27H2,1-3H3. The fraction of sp³-hybridized carbons (Fsp3) is 0.122. The highest BCUT2D eigenvalue weighted by Gasteiger charge is 2.40. The minimum Gasteiger partial charge on any atom is -0.309 e. The summed E-state index contributed by atoms with van der Waals surface area (Å²) in [6.45, 7) is 7.03. The minimum atomic E-state index is -0.203. The van der Waals surface area contributed by atoms with E-state index in [0.717, 1.165) is 6.42 Å². The molecule has 0 aliphatic carbocycles. The van der Waals surface area contributed by atoms with Crippen LogP contribution in [0.25, 0.3) is 22.3 Å². The van der Waals surface area contributed by atoms with E-state index in [2.05, 4.69) is 171 Å². The molecule has 1 nitrogen and oxygen atoms in total. The first-order chi connectivity index (χ1) is 20.5. The molecular formula is C41H35N. The SMILES string of the molecule is Cc1ccc(-c2ccccc2)cc1N1c2cccc(-c3ccccc3)c2C(C)(C)c2cccc(Cc3ccccc3)c21. The molecule has 0 N–H and O–H groups in total. The Balaban J connectivity index is 1.53. The summed E-state index contributed by atoms with van der Waals surface area (Å²) >= 11 is 0. The summed E-state index contributed by atoms with van der Waals surface area (Å²) in [6.07, 6.45) is 0.877. The van der Waals surface area contributed by atoms with Gasteiger partial charge >= 0.3 is 0 Å². The Kier molecular flexibility index (Phi) is 6.52. The topological polar surface area (TPSA) is 3.24 Å². The Bertz CT molecular complexity index is 1870. The summed E-state index contributed by atoms with van der Waals surface area (Å²) < 4.78 is 0. The lowest BCUT2D eigenvalue weighted by molar-refractivity contribution is 0.632. The van der Waals surface area contributed by atoms with Crippen LogP contribution in [-0.2, 0) is 11.8 Å². The van der Waals surface area contributed by atoms with Crippen molar-refractivity contribution in [2.75, 3.05) is 4.90 Å². The third kappa shape index (κ3) is 4.43. The lowest BCUT2D eigenvalue weighted by Crippen LogP contribution is -2.32. The zero-order chi connectivity index (χ0) is 28.7. The molecule has 1 heterocycles. The lowest BCUT2D eigenvalue weighted by Gasteiger charge is -2.44. The molecule has 1 aliphatic heterocycles. The van der Waals surface area contributed by atoms with Crippen LogP contribution >= 0.6 is 0 Å². The Morgan fingerprint density at radius 1 is 0.548 bits per heavy atom. The molecule has 6 aromatic rings. The van der Waals surface area contributed by atoms with Crippen LogP contribution in [0.4, 0.5) is 17.1 Å². The number of anilines is 3. The van der Waals surface area contributed by atoms with Gasteiger partial charge < -0.3 is 4.90 Å². The largest absolute Gasteiger partial charge is 0.309 e. The highest BCUT2D eigenvalue weighted by molar-refractivity contribution is 5.93. The van der Waals surface area contributed by atoms with Crippen molar-refractivity contribution < 1.29 is 0 Å². The van der Waals surface area contributed by atoms with Crippen molar-refractivity contribution >= 4 is 17.1 Å². The maximum Gasteiger partial charge on any atom is 0.0538 e. The fourth-order valence-electron chi connectivity index (χ4n) is 6.73. The van der Waals surface area contributed by atoms with Gasteiger partial charge in [-0.15, -0.1) is 0 Å². The van der Waals surface area contributed by atoms with Gasteiger partial charge in [-0.1, -0.05) is 147 Å². The van der Waals surface area contributed by atoms with Gasteiger partial charge in [-0.25, -0.2) is 0 Å². The van der Waals surface area contributed by atoms with Gasteiger partial charge in [0, 0.05) is 11.1 Å². The average Bonchev–Trinajstić information content (AvgIpc) is 3.03. The molecule has 42 heavy (non-hydrogen) atoms. The van der Waals surface area contributed by atoms with E-state index in [1.807, 2.05) is 0 Å². The smallest absolute Gasteiger partial charge is 0.0538 e. The number of para-hydroxylation sites is 1. The van der Waals surface area contributed by atoms with E-state index in [4.69, 9.17) is 0 Å². The van der Waals surface area contributed by atoms with E-state index in [1.165, 1.54) is 67.1 Å². The molecule has 0 saturated heterocycles. The molecule has 1 heteroatoms. The molecular weight excluding hydrogens is 506 g/mol. The van der Waals surface area contributed by atoms with Crippen molar-refractivity contribution in [3.05, 3.63) is 173 Å². The summed E-state index contributed by atoms with van der Waals surface area (Å²) in [4.78, 5) is 2.56. The number of hydrogen-bond donors (Lipinski definition) is 0. The number of hydrogen-bond acceptors (Lipinski definition) is 1. The predicted octanol–water partition coefficient (Wildman–Crippen LogP) is 11.0. The second-order valence-electron chi connectivity index (χ2n) is 11.9. The first-order valence-corrected chi connectivity index (χ1v) is 14.8. The van der Waals surface area contributed by atoms with Gasteiger partial charge in [-0.05, 0) is 75.5 Å². The van der Waals surface area contributed by atoms with Gasteiger partial charge in [0.25, 0.3) is 0 Å². The summed E-state index contributed by atoms with van der Waals surface area (Å²) in [7, 11) is 0. The van der Waals surface area contributed by atoms with Crippen molar-refractivity contribution in [2.24, 2.45) is 0 Å². The van der Waals surface area contributed by atoms with Crippen LogP contribution in [0.5, 0.6) is 0 Å². The number of aryl methyl sites for hydroxylation is 1. The Morgan fingerprint density at radius 2 is 1.19 bits per heavy atom. The first-order valence-electron chi connectivity index (χ1n) is 14.8. The van der Waals surface area contributed by atoms with Gasteiger partial charge in [0.05, 0.1) is 11.4 Å². The highest BCUT2D eigenvalue weighted by atomic mass is 15.2. The molecule has 0 atom stereocenters. The Morgan fingerprint density at radius 3 is 1.90 bits per heavy atom. The molecule has 204 valence electrons. The quantitative estimate of drug-likeness (QED) is 0.210. The third-order valence-electron chi connectivity index (χ3n) is 8.80. The van der Waals surface area contributed by atoms with Crippen molar-refractivity contribution in [1.29, 1.82) is 0 Å². The van der Waals surface area contributed by atoms with Crippen LogP contribution in [0.1, 0.15) is 41.7 Å². The van der Waals surface area contributed by atoms with E-state index in [0.29, 0.717) is 0 Å². The maximum absolute atomic E-state index is 2.56. The van der Waals surface area contributed by atoms with Crippen LogP contribution < -0.4 is 4.90 Å². The molecule has 1 aliphatic rings. The fourth-order valence-corrected chi connectivity index (χ4v) is 6.73. The second-order valence-corrected chi connectivity index (χ2v) is 11.9. The number of fused-ring (bicyclic) bond motifs is 2. The predicted molar refractivity (Wildman–Crippen MR) is 178 cm³/mol. The summed E-state index contributed by atoms with van der Waals surface area (Å²) in [5.74, 6) is 0. The van der Waals surface area contributed by atoms with E-state index in [-0.39, 0.29) is 5.41 Å². The molecule has 7 rings (SSSR count). The van der Waals surface area contributed by atoms with Crippen molar-refractivity contribution in [3.63, 3.8) is 0 Å². The lowest BCUT2D eigenvalue weighted by atomic mass is 9.70. The monoisotopic (exact) mass is 541 g/mol. The molecule has 0 aromatic heterocycles. The second kappa shape index (κ2) is 10.5. The van der Waals surface area contributed by atoms with E-state index < -0.39 is 0 Å². The summed E-state index contributed by atoms with van der Waals surface area (Å²) in [5.41, 5.74) is 15.2. The van der Waals surface area contributed by atoms with E-state index in [1.54, 1.807) is 0 Å². The zero-order valence-electron chi connectivity index (χ0n) is 24.5. The van der Waals surface area contributed by atoms with Gasteiger partial charge in [-0.2, -0.15) is 0 Å². The van der Waals surface area contributed by atoms with Gasteiger partial charge in [0.15, 0.2) is 0 Å². The van der Waals surface area contributed by atoms with Gasteiger partial charge in [0.1, 0.15) is 0 Å². The molecule has 0 spiro atoms. The zero-order valence-corrected chi connectivity index (χ0v) is 24.5. The molecule has 0 fully saturated rings. The molecule has 0 bridgehead atoms. The number of rotatable bonds is 5. The first kappa shape index (κ1) is 26.0. The van der Waals surface area contributed by atoms with Gasteiger partial charge in [0.2, 0.25) is 0 Å². The van der Waals surface area contributed by atoms with Crippen LogP contribution in [0.15, 0.2) is 146 Å². The summed E-state index contributed by atoms with van der Waals surface area (Å²) in [6, 6.07) is 53.1. The van der Waals surface area contributed by atoms with Gasteiger partial charge in [-0.3, -0.25) is 0 Å². The third-order valence-corrected chi connectivity index (χ3v) is 8.80. The molecule has 0 unspecified atom stereocenters. The van der Waals surface area contributed by atoms with Crippen molar-refractivity contribution in [2.45, 2.75) is 32.6 Å². The summed E-state index contributed by atoms with van der Waals surface area (Å²) in [5, 5.41) is 0.